The fourth-order valence-corrected chi connectivity index (χ4v) is 0. The van der Waals surface area contributed by atoms with Gasteiger partial charge in [-0.1, -0.05) is 0 Å². The predicted molar refractivity (Wildman–Crippen MR) is 49.0 cm³/mol. The zero-order valence-electron chi connectivity index (χ0n) is 9.43. The van der Waals surface area contributed by atoms with E-state index in [1.54, 1.807) is 0 Å². The second-order valence-corrected chi connectivity index (χ2v) is 6.82. The second kappa shape index (κ2) is 17.0. The van der Waals surface area contributed by atoms with E-state index in [-0.39, 0.29) is 45.5 Å². The first kappa shape index (κ1) is 37.7. The molecule has 0 aliphatic heterocycles. The van der Waals surface area contributed by atoms with Crippen LogP contribution in [0.1, 0.15) is 0 Å². The van der Waals surface area contributed by atoms with E-state index in [9.17, 15) is 0 Å². The Hall–Kier alpha value is 0.661. The van der Waals surface area contributed by atoms with Crippen LogP contribution >= 0.6 is 0 Å². The molecule has 0 aliphatic carbocycles. The van der Waals surface area contributed by atoms with Gasteiger partial charge in [0, 0.05) is 0 Å². The molecule has 0 aromatic rings. The van der Waals surface area contributed by atoms with Crippen LogP contribution in [0.2, 0.25) is 0 Å². The van der Waals surface area contributed by atoms with Gasteiger partial charge in [-0.2, -0.15) is 0 Å². The molecule has 0 atom stereocenters. The molecule has 0 amide bonds. The second-order valence-electron chi connectivity index (χ2n) is 1.68. The Morgan fingerprint density at radius 2 is 0.619 bits per heavy atom. The van der Waals surface area contributed by atoms with E-state index in [1.807, 2.05) is 0 Å². The van der Waals surface area contributed by atoms with Crippen molar-refractivity contribution in [1.82, 2.24) is 0 Å². The van der Waals surface area contributed by atoms with Gasteiger partial charge in [0.25, 0.3) is 0 Å². The summed E-state index contributed by atoms with van der Waals surface area (Å²) < 4.78 is 103. The van der Waals surface area contributed by atoms with E-state index >= 15 is 0 Å². The summed E-state index contributed by atoms with van der Waals surface area (Å²) in [4.78, 5) is 0. The largest absolute Gasteiger partial charge is 3.00 e. The van der Waals surface area contributed by atoms with Crippen molar-refractivity contribution in [1.29, 1.82) is 5.41 Å². The predicted octanol–water partition coefficient (Wildman–Crippen LogP) is -10.9. The molecular formula is CH5Ga2N3O12Se3. The summed E-state index contributed by atoms with van der Waals surface area (Å²) >= 11 is -17.2. The maximum atomic E-state index is 8.59. The molecule has 0 saturated carbocycles. The first-order chi connectivity index (χ1) is 7.73. The van der Waals surface area contributed by atoms with Gasteiger partial charge in [-0.25, -0.2) is 0 Å². The minimum absolute atomic E-state index is 0. The Labute approximate surface area is 149 Å². The van der Waals surface area contributed by atoms with E-state index in [0.29, 0.717) is 0 Å². The van der Waals surface area contributed by atoms with E-state index < -0.39 is 40.1 Å². The van der Waals surface area contributed by atoms with Crippen molar-refractivity contribution < 1.29 is 48.1 Å². The van der Waals surface area contributed by atoms with Crippen molar-refractivity contribution in [3.05, 3.63) is 0 Å². The molecule has 0 aromatic carbocycles. The molecule has 0 unspecified atom stereocenters. The van der Waals surface area contributed by atoms with E-state index in [0.717, 1.165) is 0 Å². The van der Waals surface area contributed by atoms with E-state index in [2.05, 4.69) is 11.5 Å². The Balaban J connectivity index is -0.0000000347. The summed E-state index contributed by atoms with van der Waals surface area (Å²) in [5.41, 5.74) is 8.94. The Morgan fingerprint density at radius 1 is 0.619 bits per heavy atom. The third-order valence-corrected chi connectivity index (χ3v) is 0. The van der Waals surface area contributed by atoms with Crippen LogP contribution in [0.15, 0.2) is 0 Å². The van der Waals surface area contributed by atoms with Gasteiger partial charge in [0.15, 0.2) is 5.96 Å². The molecule has 20 heteroatoms. The molecular weight excluding hydrogens is 622 g/mol. The molecule has 5 N–H and O–H groups in total. The van der Waals surface area contributed by atoms with E-state index in [1.165, 1.54) is 0 Å². The van der Waals surface area contributed by atoms with Crippen molar-refractivity contribution >= 4 is 85.6 Å². The standard InChI is InChI=1S/CH5N3.2Ga.3H2O4Se/c2-1(3)4;;;3*1-5(2,3)4/h(H5,2,3,4);;;3*(H2,1,2,3,4)/q;2*+3;;;/p-6. The maximum Gasteiger partial charge on any atom is 3.00 e. The maximum absolute atomic E-state index is 8.59. The Kier molecular flexibility index (Phi) is 30.6. The van der Waals surface area contributed by atoms with Crippen molar-refractivity contribution in [3.8, 4) is 0 Å². The van der Waals surface area contributed by atoms with Crippen molar-refractivity contribution in [2.24, 2.45) is 11.5 Å². The summed E-state index contributed by atoms with van der Waals surface area (Å²) in [7, 11) is 0. The molecule has 0 rings (SSSR count). The Bertz CT molecular complexity index is 435. The molecule has 15 nitrogen and oxygen atoms in total. The van der Waals surface area contributed by atoms with Gasteiger partial charge in [-0.05, 0) is 0 Å². The van der Waals surface area contributed by atoms with Gasteiger partial charge in [0.2, 0.25) is 0 Å². The molecule has 0 heterocycles. The minimum atomic E-state index is -5.75. The fourth-order valence-electron chi connectivity index (χ4n) is 0. The quantitative estimate of drug-likeness (QED) is 0.128. The van der Waals surface area contributed by atoms with Crippen molar-refractivity contribution in [2.45, 2.75) is 0 Å². The number of nitrogens with two attached hydrogens (primary N) is 2. The minimum Gasteiger partial charge on any atom is 3.00 e. The van der Waals surface area contributed by atoms with Crippen LogP contribution in [0.5, 0.6) is 0 Å². The molecule has 0 spiro atoms. The molecule has 0 bridgehead atoms. The van der Waals surface area contributed by atoms with Gasteiger partial charge >= 0.3 is 128 Å². The molecule has 0 fully saturated rings. The van der Waals surface area contributed by atoms with Crippen LogP contribution in [0.4, 0.5) is 0 Å². The van der Waals surface area contributed by atoms with Crippen LogP contribution in [-0.2, 0) is 23.0 Å². The van der Waals surface area contributed by atoms with Crippen LogP contribution in [0, 0.1) is 5.41 Å². The topological polar surface area (TPSA) is 317 Å². The third kappa shape index (κ3) is 16500. The zero-order chi connectivity index (χ0) is 17.1. The number of hydrogen-bond acceptors (Lipinski definition) is 13. The smallest absolute Gasteiger partial charge is 3.00 e. The first-order valence-electron chi connectivity index (χ1n) is 2.83. The third-order valence-electron chi connectivity index (χ3n) is 0. The Morgan fingerprint density at radius 3 is 0.619 bits per heavy atom. The SMILES string of the molecule is N=C(N)N.O=[Se](=O)([O-])[O-].O=[Se](=O)([O-])[O-].O=[Se](=O)([O-])[O-].[Ga+3].[Ga+3]. The number of hydrogen-bond donors (Lipinski definition) is 3. The monoisotopic (exact) mass is 629 g/mol. The van der Waals surface area contributed by atoms with Gasteiger partial charge in [-0.15, -0.1) is 0 Å². The fraction of sp³-hybridized carbons (Fsp3) is 0. The normalized spacial score (nSPS) is 9.43. The number of nitrogens with one attached hydrogen (secondary N) is 1. The average Bonchev–Trinajstić information content (AvgIpc) is 1.66. The van der Waals surface area contributed by atoms with Crippen molar-refractivity contribution in [3.63, 3.8) is 0 Å². The molecule has 0 radical (unpaired) electrons. The average molecular weight is 627 g/mol. The van der Waals surface area contributed by atoms with Crippen LogP contribution in [0.25, 0.3) is 0 Å². The van der Waals surface area contributed by atoms with Gasteiger partial charge in [-0.3, -0.25) is 5.41 Å². The summed E-state index contributed by atoms with van der Waals surface area (Å²) in [6.07, 6.45) is 0. The van der Waals surface area contributed by atoms with Gasteiger partial charge < -0.3 is 11.5 Å². The van der Waals surface area contributed by atoms with Crippen LogP contribution < -0.4 is 36.6 Å². The van der Waals surface area contributed by atoms with Gasteiger partial charge in [0.05, 0.1) is 0 Å². The first-order valence-corrected chi connectivity index (χ1v) is 11.2. The van der Waals surface area contributed by atoms with Gasteiger partial charge in [0.1, 0.15) is 0 Å². The summed E-state index contributed by atoms with van der Waals surface area (Å²) in [5, 5.41) is 6.06. The summed E-state index contributed by atoms with van der Waals surface area (Å²) in [6.45, 7) is 0. The molecule has 0 aliphatic rings. The zero-order valence-corrected chi connectivity index (χ0v) is 19.4. The van der Waals surface area contributed by atoms with E-state index in [4.69, 9.17) is 53.6 Å². The van der Waals surface area contributed by atoms with Crippen LogP contribution in [0.3, 0.4) is 0 Å². The number of guanidine groups is 1. The summed E-state index contributed by atoms with van der Waals surface area (Å²) in [6, 6.07) is 0. The number of rotatable bonds is 0. The molecule has 0 aromatic heterocycles. The van der Waals surface area contributed by atoms with Crippen molar-refractivity contribution in [2.75, 3.05) is 0 Å². The summed E-state index contributed by atoms with van der Waals surface area (Å²) in [5.74, 6) is -0.333. The molecule has 120 valence electrons. The van der Waals surface area contributed by atoms with Crippen LogP contribution in [-0.4, -0.2) is 85.6 Å². The molecule has 0 saturated heterocycles. The molecule has 21 heavy (non-hydrogen) atoms.